The monoisotopic (exact) mass is 220 g/mol. The van der Waals surface area contributed by atoms with E-state index in [0.29, 0.717) is 5.75 Å². The number of hydrogen-bond acceptors (Lipinski definition) is 1. The molecule has 0 saturated carbocycles. The summed E-state index contributed by atoms with van der Waals surface area (Å²) in [5.74, 6) is 0.335. The molecule has 1 N–H and O–H groups in total. The Bertz CT molecular complexity index is 657. The van der Waals surface area contributed by atoms with Gasteiger partial charge in [0, 0.05) is 5.39 Å². The summed E-state index contributed by atoms with van der Waals surface area (Å²) in [7, 11) is 0. The van der Waals surface area contributed by atoms with Crippen LogP contribution in [0.2, 0.25) is 0 Å². The van der Waals surface area contributed by atoms with Crippen molar-refractivity contribution in [3.05, 3.63) is 66.7 Å². The van der Waals surface area contributed by atoms with Gasteiger partial charge in [-0.3, -0.25) is 0 Å². The van der Waals surface area contributed by atoms with Crippen molar-refractivity contribution >= 4 is 10.8 Å². The summed E-state index contributed by atoms with van der Waals surface area (Å²) < 4.78 is 0. The Labute approximate surface area is 100.0 Å². The summed E-state index contributed by atoms with van der Waals surface area (Å²) in [4.78, 5) is 0. The molecule has 0 radical (unpaired) electrons. The van der Waals surface area contributed by atoms with Gasteiger partial charge in [-0.25, -0.2) is 0 Å². The number of fused-ring (bicyclic) bond motifs is 1. The van der Waals surface area contributed by atoms with Crippen molar-refractivity contribution in [1.82, 2.24) is 0 Å². The zero-order valence-electron chi connectivity index (χ0n) is 9.30. The zero-order valence-corrected chi connectivity index (χ0v) is 9.30. The average molecular weight is 220 g/mol. The lowest BCUT2D eigenvalue weighted by molar-refractivity contribution is 0.482. The molecule has 0 aliphatic rings. The molecule has 0 aliphatic heterocycles. The van der Waals surface area contributed by atoms with Crippen molar-refractivity contribution in [2.75, 3.05) is 0 Å². The van der Waals surface area contributed by atoms with E-state index in [1.165, 1.54) is 0 Å². The molecule has 0 unspecified atom stereocenters. The second kappa shape index (κ2) is 3.95. The minimum absolute atomic E-state index is 0.335. The smallest absolute Gasteiger partial charge is 0.124 e. The van der Waals surface area contributed by atoms with Gasteiger partial charge in [-0.2, -0.15) is 0 Å². The number of aromatic hydroxyl groups is 1. The molecule has 0 atom stereocenters. The predicted molar refractivity (Wildman–Crippen MR) is 71.0 cm³/mol. The minimum atomic E-state index is 0.335. The summed E-state index contributed by atoms with van der Waals surface area (Å²) in [6.07, 6.45) is 0. The van der Waals surface area contributed by atoms with Gasteiger partial charge in [0.05, 0.1) is 0 Å². The largest absolute Gasteiger partial charge is 0.507 e. The van der Waals surface area contributed by atoms with Crippen LogP contribution in [0.1, 0.15) is 0 Å². The van der Waals surface area contributed by atoms with Crippen LogP contribution in [0.3, 0.4) is 0 Å². The summed E-state index contributed by atoms with van der Waals surface area (Å²) in [5.41, 5.74) is 2.16. The van der Waals surface area contributed by atoms with Crippen LogP contribution in [0.25, 0.3) is 21.9 Å². The standard InChI is InChI=1S/C16H12O/c17-16-11-14(12-6-2-1-3-7-12)10-13-8-4-5-9-15(13)16/h1-11,17H. The Balaban J connectivity index is 2.26. The third kappa shape index (κ3) is 1.76. The van der Waals surface area contributed by atoms with E-state index in [0.717, 1.165) is 21.9 Å². The lowest BCUT2D eigenvalue weighted by atomic mass is 10.0. The van der Waals surface area contributed by atoms with Gasteiger partial charge in [-0.05, 0) is 28.6 Å². The number of phenols is 1. The van der Waals surface area contributed by atoms with E-state index in [1.54, 1.807) is 0 Å². The normalized spacial score (nSPS) is 10.6. The first kappa shape index (κ1) is 9.91. The number of hydrogen-bond donors (Lipinski definition) is 1. The van der Waals surface area contributed by atoms with Crippen LogP contribution >= 0.6 is 0 Å². The minimum Gasteiger partial charge on any atom is -0.507 e. The molecule has 82 valence electrons. The first-order chi connectivity index (χ1) is 8.34. The van der Waals surface area contributed by atoms with Crippen LogP contribution in [0, 0.1) is 0 Å². The number of rotatable bonds is 1. The highest BCUT2D eigenvalue weighted by Crippen LogP contribution is 2.31. The lowest BCUT2D eigenvalue weighted by Crippen LogP contribution is -1.79. The van der Waals surface area contributed by atoms with Gasteiger partial charge in [0.15, 0.2) is 0 Å². The number of benzene rings is 3. The van der Waals surface area contributed by atoms with Gasteiger partial charge in [-0.15, -0.1) is 0 Å². The van der Waals surface area contributed by atoms with Crippen LogP contribution in [0.4, 0.5) is 0 Å². The van der Waals surface area contributed by atoms with Crippen LogP contribution in [-0.2, 0) is 0 Å². The van der Waals surface area contributed by atoms with Gasteiger partial charge in [0.25, 0.3) is 0 Å². The molecule has 0 fully saturated rings. The Morgan fingerprint density at radius 1 is 0.647 bits per heavy atom. The SMILES string of the molecule is Oc1cc(-c2ccccc2)cc2ccccc12. The molecule has 0 spiro atoms. The highest BCUT2D eigenvalue weighted by molar-refractivity contribution is 5.92. The Morgan fingerprint density at radius 3 is 2.18 bits per heavy atom. The molecule has 0 bridgehead atoms. The summed E-state index contributed by atoms with van der Waals surface area (Å²) in [5, 5.41) is 12.0. The fourth-order valence-corrected chi connectivity index (χ4v) is 2.09. The Kier molecular flexibility index (Phi) is 2.30. The topological polar surface area (TPSA) is 20.2 Å². The Hall–Kier alpha value is -2.28. The molecule has 17 heavy (non-hydrogen) atoms. The molecule has 0 amide bonds. The molecular formula is C16H12O. The van der Waals surface area contributed by atoms with Crippen LogP contribution in [0.15, 0.2) is 66.7 Å². The van der Waals surface area contributed by atoms with Gasteiger partial charge >= 0.3 is 0 Å². The molecule has 0 aliphatic carbocycles. The summed E-state index contributed by atoms with van der Waals surface area (Å²) in [6.45, 7) is 0. The molecule has 3 aromatic rings. The molecule has 0 aromatic heterocycles. The van der Waals surface area contributed by atoms with Gasteiger partial charge < -0.3 is 5.11 Å². The highest BCUT2D eigenvalue weighted by Gasteiger charge is 2.03. The molecule has 3 rings (SSSR count). The van der Waals surface area contributed by atoms with Crippen LogP contribution in [0.5, 0.6) is 5.75 Å². The fourth-order valence-electron chi connectivity index (χ4n) is 2.09. The van der Waals surface area contributed by atoms with Crippen molar-refractivity contribution in [3.8, 4) is 16.9 Å². The maximum Gasteiger partial charge on any atom is 0.124 e. The van der Waals surface area contributed by atoms with Crippen LogP contribution in [-0.4, -0.2) is 5.11 Å². The second-order valence-corrected chi connectivity index (χ2v) is 4.08. The quantitative estimate of drug-likeness (QED) is 0.651. The molecule has 1 nitrogen and oxygen atoms in total. The fraction of sp³-hybridized carbons (Fsp3) is 0. The van der Waals surface area contributed by atoms with E-state index in [4.69, 9.17) is 0 Å². The first-order valence-electron chi connectivity index (χ1n) is 5.62. The molecule has 1 heteroatoms. The molecular weight excluding hydrogens is 208 g/mol. The van der Waals surface area contributed by atoms with E-state index in [9.17, 15) is 5.11 Å². The maximum atomic E-state index is 10.0. The van der Waals surface area contributed by atoms with E-state index in [2.05, 4.69) is 6.07 Å². The van der Waals surface area contributed by atoms with Crippen molar-refractivity contribution < 1.29 is 5.11 Å². The van der Waals surface area contributed by atoms with Gasteiger partial charge in [0.2, 0.25) is 0 Å². The Morgan fingerprint density at radius 2 is 1.35 bits per heavy atom. The molecule has 0 saturated heterocycles. The maximum absolute atomic E-state index is 10.0. The summed E-state index contributed by atoms with van der Waals surface area (Å²) >= 11 is 0. The van der Waals surface area contributed by atoms with E-state index in [-0.39, 0.29) is 0 Å². The van der Waals surface area contributed by atoms with Gasteiger partial charge in [-0.1, -0.05) is 54.6 Å². The van der Waals surface area contributed by atoms with E-state index in [1.807, 2.05) is 60.7 Å². The van der Waals surface area contributed by atoms with E-state index < -0.39 is 0 Å². The second-order valence-electron chi connectivity index (χ2n) is 4.08. The van der Waals surface area contributed by atoms with Gasteiger partial charge in [0.1, 0.15) is 5.75 Å². The van der Waals surface area contributed by atoms with Crippen molar-refractivity contribution in [3.63, 3.8) is 0 Å². The third-order valence-electron chi connectivity index (χ3n) is 2.95. The summed E-state index contributed by atoms with van der Waals surface area (Å²) in [6, 6.07) is 21.9. The third-order valence-corrected chi connectivity index (χ3v) is 2.95. The van der Waals surface area contributed by atoms with Crippen molar-refractivity contribution in [1.29, 1.82) is 0 Å². The van der Waals surface area contributed by atoms with E-state index >= 15 is 0 Å². The first-order valence-corrected chi connectivity index (χ1v) is 5.62. The average Bonchev–Trinajstić information content (AvgIpc) is 2.40. The molecule has 3 aromatic carbocycles. The van der Waals surface area contributed by atoms with Crippen molar-refractivity contribution in [2.45, 2.75) is 0 Å². The number of phenolic OH excluding ortho intramolecular Hbond substituents is 1. The zero-order chi connectivity index (χ0) is 11.7. The van der Waals surface area contributed by atoms with Crippen LogP contribution < -0.4 is 0 Å². The van der Waals surface area contributed by atoms with Crippen molar-refractivity contribution in [2.24, 2.45) is 0 Å². The molecule has 0 heterocycles. The predicted octanol–water partition coefficient (Wildman–Crippen LogP) is 4.21. The highest BCUT2D eigenvalue weighted by atomic mass is 16.3. The lowest BCUT2D eigenvalue weighted by Gasteiger charge is -2.06.